The molecule has 4 aromatic carbocycles. The molecule has 0 heterocycles. The maximum atomic E-state index is 13.6. The number of sulfonamides is 2. The second-order valence-electron chi connectivity index (χ2n) is 8.49. The van der Waals surface area contributed by atoms with E-state index >= 15 is 0 Å². The van der Waals surface area contributed by atoms with Gasteiger partial charge in [-0.1, -0.05) is 43.3 Å². The molecule has 0 aliphatic rings. The number of nitrogens with zero attached hydrogens (tertiary/aromatic N) is 1. The molecule has 0 aromatic heterocycles. The SMILES string of the molecule is CCc1ccccc1N(CC(=O)Nc1ccc(S(=O)(=O)Nc2ccc(F)cc2)cc1)S(=O)(=O)c1ccccc1. The Hall–Kier alpha value is -4.22. The smallest absolute Gasteiger partial charge is 0.264 e. The summed E-state index contributed by atoms with van der Waals surface area (Å²) in [7, 11) is -8.03. The number of aryl methyl sites for hydroxylation is 1. The maximum Gasteiger partial charge on any atom is 0.264 e. The lowest BCUT2D eigenvalue weighted by Crippen LogP contribution is -2.38. The van der Waals surface area contributed by atoms with Gasteiger partial charge in [0.1, 0.15) is 12.4 Å². The Labute approximate surface area is 227 Å². The van der Waals surface area contributed by atoms with Gasteiger partial charge in [-0.25, -0.2) is 21.2 Å². The van der Waals surface area contributed by atoms with Crippen LogP contribution in [0.3, 0.4) is 0 Å². The molecule has 0 atom stereocenters. The van der Waals surface area contributed by atoms with E-state index in [0.29, 0.717) is 12.1 Å². The predicted molar refractivity (Wildman–Crippen MR) is 149 cm³/mol. The number of hydrogen-bond acceptors (Lipinski definition) is 5. The normalized spacial score (nSPS) is 11.5. The van der Waals surface area contributed by atoms with Crippen LogP contribution in [0.15, 0.2) is 113 Å². The van der Waals surface area contributed by atoms with Gasteiger partial charge in [-0.2, -0.15) is 0 Å². The van der Waals surface area contributed by atoms with Gasteiger partial charge in [-0.05, 0) is 78.7 Å². The predicted octanol–water partition coefficient (Wildman–Crippen LogP) is 5.02. The van der Waals surface area contributed by atoms with Crippen molar-refractivity contribution in [1.82, 2.24) is 0 Å². The first kappa shape index (κ1) is 27.8. The molecular weight excluding hydrogens is 541 g/mol. The Kier molecular flexibility index (Phi) is 8.32. The zero-order valence-electron chi connectivity index (χ0n) is 20.9. The van der Waals surface area contributed by atoms with Crippen molar-refractivity contribution in [2.24, 2.45) is 0 Å². The number of rotatable bonds is 10. The number of hydrogen-bond donors (Lipinski definition) is 2. The number of nitrogens with one attached hydrogen (secondary N) is 2. The summed E-state index contributed by atoms with van der Waals surface area (Å²) in [6.07, 6.45) is 0.556. The summed E-state index contributed by atoms with van der Waals surface area (Å²) < 4.78 is 69.0. The van der Waals surface area contributed by atoms with Crippen molar-refractivity contribution in [1.29, 1.82) is 0 Å². The highest BCUT2D eigenvalue weighted by molar-refractivity contribution is 7.93. The molecule has 11 heteroatoms. The van der Waals surface area contributed by atoms with Crippen molar-refractivity contribution in [3.63, 3.8) is 0 Å². The van der Waals surface area contributed by atoms with Crippen LogP contribution in [0.25, 0.3) is 0 Å². The first-order chi connectivity index (χ1) is 18.6. The Morgan fingerprint density at radius 2 is 1.33 bits per heavy atom. The minimum absolute atomic E-state index is 0.0481. The second-order valence-corrected chi connectivity index (χ2v) is 12.0. The summed E-state index contributed by atoms with van der Waals surface area (Å²) in [5.74, 6) is -1.10. The number of anilines is 3. The Bertz CT molecular complexity index is 1660. The van der Waals surface area contributed by atoms with Crippen LogP contribution in [-0.2, 0) is 31.3 Å². The number of amides is 1. The summed E-state index contributed by atoms with van der Waals surface area (Å²) in [5, 5.41) is 2.64. The van der Waals surface area contributed by atoms with Gasteiger partial charge in [-0.15, -0.1) is 0 Å². The summed E-state index contributed by atoms with van der Waals surface area (Å²) in [5.41, 5.74) is 1.63. The summed E-state index contributed by atoms with van der Waals surface area (Å²) in [6.45, 7) is 1.40. The highest BCUT2D eigenvalue weighted by atomic mass is 32.2. The third-order valence-electron chi connectivity index (χ3n) is 5.80. The zero-order chi connectivity index (χ0) is 28.0. The number of benzene rings is 4. The minimum atomic E-state index is -4.07. The fourth-order valence-electron chi connectivity index (χ4n) is 3.85. The maximum absolute atomic E-state index is 13.6. The first-order valence-corrected chi connectivity index (χ1v) is 14.9. The third-order valence-corrected chi connectivity index (χ3v) is 8.98. The van der Waals surface area contributed by atoms with E-state index < -0.39 is 38.3 Å². The Morgan fingerprint density at radius 1 is 0.744 bits per heavy atom. The average Bonchev–Trinajstić information content (AvgIpc) is 2.93. The number of carbonyl (C=O) groups is 1. The molecule has 0 bridgehead atoms. The van der Waals surface area contributed by atoms with Crippen molar-refractivity contribution in [2.45, 2.75) is 23.1 Å². The van der Waals surface area contributed by atoms with Crippen LogP contribution >= 0.6 is 0 Å². The zero-order valence-corrected chi connectivity index (χ0v) is 22.5. The van der Waals surface area contributed by atoms with E-state index in [4.69, 9.17) is 0 Å². The first-order valence-electron chi connectivity index (χ1n) is 11.9. The third kappa shape index (κ3) is 6.62. The van der Waals surface area contributed by atoms with Crippen LogP contribution in [0, 0.1) is 5.82 Å². The van der Waals surface area contributed by atoms with Gasteiger partial charge in [0.2, 0.25) is 5.91 Å². The highest BCUT2D eigenvalue weighted by Gasteiger charge is 2.28. The van der Waals surface area contributed by atoms with Crippen molar-refractivity contribution >= 4 is 43.0 Å². The molecule has 4 rings (SSSR count). The van der Waals surface area contributed by atoms with Gasteiger partial charge in [0.25, 0.3) is 20.0 Å². The lowest BCUT2D eigenvalue weighted by molar-refractivity contribution is -0.114. The molecular formula is C28H26FN3O5S2. The van der Waals surface area contributed by atoms with E-state index in [1.807, 2.05) is 6.92 Å². The monoisotopic (exact) mass is 567 g/mol. The molecule has 0 saturated carbocycles. The van der Waals surface area contributed by atoms with Crippen molar-refractivity contribution < 1.29 is 26.0 Å². The van der Waals surface area contributed by atoms with Gasteiger partial charge in [0.05, 0.1) is 15.5 Å². The lowest BCUT2D eigenvalue weighted by atomic mass is 10.1. The molecule has 0 spiro atoms. The number of halogens is 1. The largest absolute Gasteiger partial charge is 0.325 e. The van der Waals surface area contributed by atoms with Crippen LogP contribution in [0.2, 0.25) is 0 Å². The van der Waals surface area contributed by atoms with Crippen LogP contribution < -0.4 is 14.3 Å². The fraction of sp³-hybridized carbons (Fsp3) is 0.107. The van der Waals surface area contributed by atoms with Gasteiger partial charge in [0.15, 0.2) is 0 Å². The van der Waals surface area contributed by atoms with Crippen LogP contribution in [0.5, 0.6) is 0 Å². The standard InChI is InChI=1S/C28H26FN3O5S2/c1-2-21-8-6-7-11-27(21)32(39(36,37)26-9-4-3-5-10-26)20-28(33)30-23-16-18-25(19-17-23)38(34,35)31-24-14-12-22(29)13-15-24/h3-19,31H,2,20H2,1H3,(H,30,33). The van der Waals surface area contributed by atoms with Crippen LogP contribution in [-0.4, -0.2) is 29.3 Å². The average molecular weight is 568 g/mol. The molecule has 0 aliphatic carbocycles. The quantitative estimate of drug-likeness (QED) is 0.279. The minimum Gasteiger partial charge on any atom is -0.325 e. The molecule has 0 fully saturated rings. The van der Waals surface area contributed by atoms with Crippen LogP contribution in [0.1, 0.15) is 12.5 Å². The molecule has 4 aromatic rings. The highest BCUT2D eigenvalue weighted by Crippen LogP contribution is 2.28. The molecule has 8 nitrogen and oxygen atoms in total. The Balaban J connectivity index is 1.54. The molecule has 0 aliphatic heterocycles. The van der Waals surface area contributed by atoms with E-state index in [0.717, 1.165) is 22.0 Å². The summed E-state index contributed by atoms with van der Waals surface area (Å²) >= 11 is 0. The van der Waals surface area contributed by atoms with Crippen LogP contribution in [0.4, 0.5) is 21.5 Å². The number of carbonyl (C=O) groups excluding carboxylic acids is 1. The number of para-hydroxylation sites is 1. The topological polar surface area (TPSA) is 113 Å². The molecule has 2 N–H and O–H groups in total. The van der Waals surface area contributed by atoms with Gasteiger partial charge in [0, 0.05) is 11.4 Å². The Morgan fingerprint density at radius 3 is 1.97 bits per heavy atom. The molecule has 202 valence electrons. The van der Waals surface area contributed by atoms with E-state index in [1.54, 1.807) is 42.5 Å². The molecule has 1 amide bonds. The molecule has 0 unspecified atom stereocenters. The summed E-state index contributed by atoms with van der Waals surface area (Å²) in [6, 6.07) is 25.1. The van der Waals surface area contributed by atoms with Gasteiger partial charge >= 0.3 is 0 Å². The van der Waals surface area contributed by atoms with E-state index in [1.165, 1.54) is 48.5 Å². The summed E-state index contributed by atoms with van der Waals surface area (Å²) in [4.78, 5) is 13.0. The van der Waals surface area contributed by atoms with Crippen molar-refractivity contribution in [3.05, 3.63) is 115 Å². The molecule has 0 radical (unpaired) electrons. The fourth-order valence-corrected chi connectivity index (χ4v) is 6.39. The van der Waals surface area contributed by atoms with Gasteiger partial charge < -0.3 is 5.32 Å². The molecule has 39 heavy (non-hydrogen) atoms. The van der Waals surface area contributed by atoms with Crippen molar-refractivity contribution in [2.75, 3.05) is 20.9 Å². The molecule has 0 saturated heterocycles. The van der Waals surface area contributed by atoms with E-state index in [2.05, 4.69) is 10.0 Å². The van der Waals surface area contributed by atoms with E-state index in [-0.39, 0.29) is 21.2 Å². The van der Waals surface area contributed by atoms with Gasteiger partial charge in [-0.3, -0.25) is 13.8 Å². The van der Waals surface area contributed by atoms with Crippen molar-refractivity contribution in [3.8, 4) is 0 Å². The van der Waals surface area contributed by atoms with E-state index in [9.17, 15) is 26.0 Å². The lowest BCUT2D eigenvalue weighted by Gasteiger charge is -2.26. The second kappa shape index (κ2) is 11.7.